The Morgan fingerprint density at radius 1 is 1.21 bits per heavy atom. The Hall–Kier alpha value is -2.10. The first kappa shape index (κ1) is 15.4. The highest BCUT2D eigenvalue weighted by atomic mass is 16.2. The summed E-state index contributed by atoms with van der Waals surface area (Å²) in [5.74, 6) is 1.70. The third-order valence-electron chi connectivity index (χ3n) is 5.46. The number of carbonyl (C=O) groups is 1. The molecular formula is C20H25N3O. The first-order chi connectivity index (χ1) is 11.7. The number of carbonyl (C=O) groups excluding carboxylic acids is 1. The van der Waals surface area contributed by atoms with Crippen molar-refractivity contribution < 1.29 is 4.79 Å². The number of aryl methyl sites for hydroxylation is 2. The van der Waals surface area contributed by atoms with E-state index < -0.39 is 0 Å². The van der Waals surface area contributed by atoms with Crippen molar-refractivity contribution in [2.75, 3.05) is 13.1 Å². The smallest absolute Gasteiger partial charge is 0.274 e. The molecule has 1 aromatic carbocycles. The van der Waals surface area contributed by atoms with E-state index in [2.05, 4.69) is 40.7 Å². The maximum absolute atomic E-state index is 12.5. The second kappa shape index (κ2) is 6.42. The molecule has 1 unspecified atom stereocenters. The van der Waals surface area contributed by atoms with Crippen molar-refractivity contribution in [2.45, 2.75) is 51.5 Å². The maximum atomic E-state index is 12.5. The number of hydrogen-bond donors (Lipinski definition) is 0. The minimum absolute atomic E-state index is 0.109. The van der Waals surface area contributed by atoms with Crippen molar-refractivity contribution in [1.82, 2.24) is 14.5 Å². The molecule has 2 aliphatic rings. The van der Waals surface area contributed by atoms with E-state index in [-0.39, 0.29) is 5.91 Å². The standard InChI is InChI=1S/C20H25N3O/c1-2-15-5-7-16(8-6-15)17-9-10-19-21-18(14-23(19)13-17)20(24)22-11-3-4-12-22/h5-8,14,17H,2-4,9-13H2,1H3. The van der Waals surface area contributed by atoms with E-state index in [1.807, 2.05) is 11.1 Å². The first-order valence-corrected chi connectivity index (χ1v) is 9.18. The lowest BCUT2D eigenvalue weighted by atomic mass is 9.91. The van der Waals surface area contributed by atoms with Crippen LogP contribution in [0.15, 0.2) is 30.5 Å². The summed E-state index contributed by atoms with van der Waals surface area (Å²) in [5.41, 5.74) is 3.42. The van der Waals surface area contributed by atoms with Gasteiger partial charge in [-0.15, -0.1) is 0 Å². The molecule has 24 heavy (non-hydrogen) atoms. The van der Waals surface area contributed by atoms with Crippen molar-refractivity contribution in [1.29, 1.82) is 0 Å². The first-order valence-electron chi connectivity index (χ1n) is 9.18. The van der Waals surface area contributed by atoms with Crippen LogP contribution in [-0.2, 0) is 19.4 Å². The zero-order valence-corrected chi connectivity index (χ0v) is 14.4. The lowest BCUT2D eigenvalue weighted by molar-refractivity contribution is 0.0787. The van der Waals surface area contributed by atoms with Crippen LogP contribution >= 0.6 is 0 Å². The largest absolute Gasteiger partial charge is 0.337 e. The molecule has 1 fully saturated rings. The van der Waals surface area contributed by atoms with E-state index in [0.29, 0.717) is 11.6 Å². The van der Waals surface area contributed by atoms with Crippen molar-refractivity contribution in [3.8, 4) is 0 Å². The fourth-order valence-corrected chi connectivity index (χ4v) is 3.93. The minimum Gasteiger partial charge on any atom is -0.337 e. The number of benzene rings is 1. The molecule has 0 radical (unpaired) electrons. The Kier molecular flexibility index (Phi) is 4.13. The number of nitrogens with zero attached hydrogens (tertiary/aromatic N) is 3. The highest BCUT2D eigenvalue weighted by Crippen LogP contribution is 2.29. The second-order valence-corrected chi connectivity index (χ2v) is 7.02. The average Bonchev–Trinajstić information content (AvgIpc) is 3.30. The van der Waals surface area contributed by atoms with Gasteiger partial charge >= 0.3 is 0 Å². The predicted molar refractivity (Wildman–Crippen MR) is 94.2 cm³/mol. The summed E-state index contributed by atoms with van der Waals surface area (Å²) in [6, 6.07) is 9.01. The van der Waals surface area contributed by atoms with Crippen molar-refractivity contribution in [3.63, 3.8) is 0 Å². The molecule has 0 bridgehead atoms. The van der Waals surface area contributed by atoms with Gasteiger partial charge in [-0.25, -0.2) is 4.98 Å². The van der Waals surface area contributed by atoms with E-state index in [1.54, 1.807) is 0 Å². The van der Waals surface area contributed by atoms with Gasteiger partial charge in [-0.05, 0) is 36.8 Å². The Morgan fingerprint density at radius 2 is 1.96 bits per heavy atom. The third-order valence-corrected chi connectivity index (χ3v) is 5.46. The molecule has 4 rings (SSSR count). The van der Waals surface area contributed by atoms with Gasteiger partial charge in [-0.1, -0.05) is 31.2 Å². The summed E-state index contributed by atoms with van der Waals surface area (Å²) in [4.78, 5) is 19.1. The van der Waals surface area contributed by atoms with E-state index in [9.17, 15) is 4.79 Å². The summed E-state index contributed by atoms with van der Waals surface area (Å²) >= 11 is 0. The van der Waals surface area contributed by atoms with Gasteiger partial charge in [0.05, 0.1) is 0 Å². The van der Waals surface area contributed by atoms with Crippen LogP contribution in [0, 0.1) is 0 Å². The molecular weight excluding hydrogens is 298 g/mol. The number of rotatable bonds is 3. The maximum Gasteiger partial charge on any atom is 0.274 e. The van der Waals surface area contributed by atoms with Gasteiger partial charge in [-0.3, -0.25) is 4.79 Å². The second-order valence-electron chi connectivity index (χ2n) is 7.02. The molecule has 0 saturated carbocycles. The SMILES string of the molecule is CCc1ccc(C2CCc3nc(C(=O)N4CCCC4)cn3C2)cc1. The molecule has 3 heterocycles. The third kappa shape index (κ3) is 2.85. The molecule has 1 amide bonds. The van der Waals surface area contributed by atoms with E-state index in [4.69, 9.17) is 0 Å². The predicted octanol–water partition coefficient (Wildman–Crippen LogP) is 3.41. The summed E-state index contributed by atoms with van der Waals surface area (Å²) in [6.07, 6.45) is 7.36. The number of imidazole rings is 1. The molecule has 1 atom stereocenters. The molecule has 0 spiro atoms. The number of amides is 1. The van der Waals surface area contributed by atoms with Gasteiger partial charge in [0.25, 0.3) is 5.91 Å². The molecule has 1 saturated heterocycles. The topological polar surface area (TPSA) is 38.1 Å². The molecule has 126 valence electrons. The number of fused-ring (bicyclic) bond motifs is 1. The average molecular weight is 323 g/mol. The quantitative estimate of drug-likeness (QED) is 0.868. The van der Waals surface area contributed by atoms with Crippen molar-refractivity contribution >= 4 is 5.91 Å². The van der Waals surface area contributed by atoms with Gasteiger partial charge in [-0.2, -0.15) is 0 Å². The van der Waals surface area contributed by atoms with Crippen molar-refractivity contribution in [2.24, 2.45) is 0 Å². The van der Waals surface area contributed by atoms with Crippen molar-refractivity contribution in [3.05, 3.63) is 53.1 Å². The van der Waals surface area contributed by atoms with Crippen LogP contribution in [0.25, 0.3) is 0 Å². The van der Waals surface area contributed by atoms with Gasteiger partial charge in [0.15, 0.2) is 0 Å². The van der Waals surface area contributed by atoms with Crippen LogP contribution < -0.4 is 0 Å². The Balaban J connectivity index is 1.51. The zero-order chi connectivity index (χ0) is 16.5. The fraction of sp³-hybridized carbons (Fsp3) is 0.500. The lowest BCUT2D eigenvalue weighted by Crippen LogP contribution is -2.27. The van der Waals surface area contributed by atoms with Gasteiger partial charge in [0.2, 0.25) is 0 Å². The van der Waals surface area contributed by atoms with Gasteiger partial charge < -0.3 is 9.47 Å². The molecule has 2 aliphatic heterocycles. The molecule has 0 aliphatic carbocycles. The number of aromatic nitrogens is 2. The monoisotopic (exact) mass is 323 g/mol. The Bertz CT molecular complexity index is 726. The van der Waals surface area contributed by atoms with Crippen LogP contribution in [0.3, 0.4) is 0 Å². The van der Waals surface area contributed by atoms with Crippen LogP contribution in [0.4, 0.5) is 0 Å². The summed E-state index contributed by atoms with van der Waals surface area (Å²) < 4.78 is 2.20. The zero-order valence-electron chi connectivity index (χ0n) is 14.4. The highest BCUT2D eigenvalue weighted by molar-refractivity contribution is 5.92. The van der Waals surface area contributed by atoms with Crippen LogP contribution in [-0.4, -0.2) is 33.4 Å². The minimum atomic E-state index is 0.109. The molecule has 4 nitrogen and oxygen atoms in total. The van der Waals surface area contributed by atoms with Gasteiger partial charge in [0.1, 0.15) is 11.5 Å². The molecule has 4 heteroatoms. The fourth-order valence-electron chi connectivity index (χ4n) is 3.93. The van der Waals surface area contributed by atoms with Crippen LogP contribution in [0.2, 0.25) is 0 Å². The molecule has 1 aromatic heterocycles. The number of hydrogen-bond acceptors (Lipinski definition) is 2. The van der Waals surface area contributed by atoms with Crippen LogP contribution in [0.1, 0.15) is 59.5 Å². The van der Waals surface area contributed by atoms with E-state index >= 15 is 0 Å². The highest BCUT2D eigenvalue weighted by Gasteiger charge is 2.26. The van der Waals surface area contributed by atoms with E-state index in [0.717, 1.165) is 57.6 Å². The lowest BCUT2D eigenvalue weighted by Gasteiger charge is -2.24. The normalized spacial score (nSPS) is 20.2. The summed E-state index contributed by atoms with van der Waals surface area (Å²) in [7, 11) is 0. The van der Waals surface area contributed by atoms with Gasteiger partial charge in [0, 0.05) is 38.2 Å². The van der Waals surface area contributed by atoms with E-state index in [1.165, 1.54) is 11.1 Å². The van der Waals surface area contributed by atoms with Crippen LogP contribution in [0.5, 0.6) is 0 Å². The Morgan fingerprint density at radius 3 is 2.67 bits per heavy atom. The number of likely N-dealkylation sites (tertiary alicyclic amines) is 1. The Labute approximate surface area is 143 Å². The summed E-state index contributed by atoms with van der Waals surface area (Å²) in [5, 5.41) is 0. The summed E-state index contributed by atoms with van der Waals surface area (Å²) in [6.45, 7) is 4.88. The molecule has 0 N–H and O–H groups in total. The molecule has 2 aromatic rings.